The second kappa shape index (κ2) is 12.5. The molecule has 0 aliphatic heterocycles. The van der Waals surface area contributed by atoms with Gasteiger partial charge in [-0.15, -0.1) is 11.8 Å². The summed E-state index contributed by atoms with van der Waals surface area (Å²) >= 11 is 1.85. The number of thioether (sulfide) groups is 1. The van der Waals surface area contributed by atoms with Gasteiger partial charge in [-0.05, 0) is 88.0 Å². The first kappa shape index (κ1) is 30.3. The van der Waals surface area contributed by atoms with Gasteiger partial charge in [-0.3, -0.25) is 0 Å². The fourth-order valence-corrected chi connectivity index (χ4v) is 9.00. The van der Waals surface area contributed by atoms with Gasteiger partial charge in [-0.1, -0.05) is 141 Å². The van der Waals surface area contributed by atoms with Gasteiger partial charge in [0.2, 0.25) is 0 Å². The van der Waals surface area contributed by atoms with E-state index in [1.165, 1.54) is 71.3 Å². The number of hydrogen-bond donors (Lipinski definition) is 0. The molecule has 0 N–H and O–H groups in total. The molecule has 1 heterocycles. The fourth-order valence-electron chi connectivity index (χ4n) is 8.33. The van der Waals surface area contributed by atoms with E-state index in [1.54, 1.807) is 0 Å². The Bertz CT molecular complexity index is 2330. The summed E-state index contributed by atoms with van der Waals surface area (Å²) in [6.07, 6.45) is 10.2. The maximum absolute atomic E-state index is 2.54. The van der Waals surface area contributed by atoms with Crippen LogP contribution in [0.25, 0.3) is 44.2 Å². The second-order valence-corrected chi connectivity index (χ2v) is 13.2. The third-order valence-electron chi connectivity index (χ3n) is 10.2. The first-order chi connectivity index (χ1) is 23.8. The predicted octanol–water partition coefficient (Wildman–Crippen LogP) is 12.5. The Morgan fingerprint density at radius 1 is 0.625 bits per heavy atom. The molecule has 0 radical (unpaired) electrons. The normalized spacial score (nSPS) is 17.8. The SMILES string of the molecule is CC.CSc1ccccc1C1(c2ccccc2)c2cc3c(cc2C2=CC=CCC21)c1ccccc1n3-c1cccc(-c2ccccc2)c1. The van der Waals surface area contributed by atoms with Gasteiger partial charge < -0.3 is 4.57 Å². The molecule has 234 valence electrons. The minimum atomic E-state index is -0.325. The van der Waals surface area contributed by atoms with Crippen LogP contribution < -0.4 is 0 Å². The fraction of sp³-hybridized carbons (Fsp3) is 0.130. The van der Waals surface area contributed by atoms with E-state index in [1.807, 2.05) is 25.6 Å². The van der Waals surface area contributed by atoms with Crippen LogP contribution in [0.1, 0.15) is 42.5 Å². The molecule has 2 heteroatoms. The molecule has 7 aromatic rings. The third-order valence-corrected chi connectivity index (χ3v) is 11.0. The Kier molecular flexibility index (Phi) is 7.90. The molecule has 1 nitrogen and oxygen atoms in total. The van der Waals surface area contributed by atoms with E-state index < -0.39 is 0 Å². The van der Waals surface area contributed by atoms with E-state index in [2.05, 4.69) is 175 Å². The maximum atomic E-state index is 2.54. The van der Waals surface area contributed by atoms with Crippen molar-refractivity contribution in [3.63, 3.8) is 0 Å². The average molecular weight is 638 g/mol. The molecule has 0 saturated heterocycles. The van der Waals surface area contributed by atoms with Crippen LogP contribution >= 0.6 is 11.8 Å². The second-order valence-electron chi connectivity index (χ2n) is 12.4. The van der Waals surface area contributed by atoms with Gasteiger partial charge in [0.05, 0.1) is 16.4 Å². The molecule has 2 aliphatic carbocycles. The topological polar surface area (TPSA) is 4.93 Å². The minimum Gasteiger partial charge on any atom is -0.309 e. The zero-order valence-corrected chi connectivity index (χ0v) is 28.5. The lowest BCUT2D eigenvalue weighted by atomic mass is 9.63. The lowest BCUT2D eigenvalue weighted by Crippen LogP contribution is -2.35. The smallest absolute Gasteiger partial charge is 0.0544 e. The summed E-state index contributed by atoms with van der Waals surface area (Å²) in [6, 6.07) is 54.0. The average Bonchev–Trinajstić information content (AvgIpc) is 3.65. The van der Waals surface area contributed by atoms with Gasteiger partial charge in [-0.2, -0.15) is 0 Å². The Morgan fingerprint density at radius 3 is 2.15 bits per heavy atom. The highest BCUT2D eigenvalue weighted by Crippen LogP contribution is 2.61. The summed E-state index contributed by atoms with van der Waals surface area (Å²) in [5, 5.41) is 2.59. The number of hydrogen-bond acceptors (Lipinski definition) is 1. The Balaban J connectivity index is 0.00000165. The van der Waals surface area contributed by atoms with Crippen molar-refractivity contribution in [3.8, 4) is 16.8 Å². The summed E-state index contributed by atoms with van der Waals surface area (Å²) in [6.45, 7) is 4.00. The molecule has 0 saturated carbocycles. The minimum absolute atomic E-state index is 0.302. The molecular formula is C46H39NS. The number of aromatic nitrogens is 1. The van der Waals surface area contributed by atoms with Crippen molar-refractivity contribution >= 4 is 39.1 Å². The van der Waals surface area contributed by atoms with E-state index in [0.29, 0.717) is 5.92 Å². The van der Waals surface area contributed by atoms with Crippen LogP contribution in [0.3, 0.4) is 0 Å². The number of rotatable bonds is 5. The highest BCUT2D eigenvalue weighted by atomic mass is 32.2. The van der Waals surface area contributed by atoms with Crippen LogP contribution in [0.15, 0.2) is 169 Å². The van der Waals surface area contributed by atoms with Gasteiger partial charge in [0.15, 0.2) is 0 Å². The molecule has 0 bridgehead atoms. The van der Waals surface area contributed by atoms with Gasteiger partial charge in [0.25, 0.3) is 0 Å². The highest BCUT2D eigenvalue weighted by molar-refractivity contribution is 7.98. The van der Waals surface area contributed by atoms with Crippen LogP contribution in [0.4, 0.5) is 0 Å². The van der Waals surface area contributed by atoms with Crippen LogP contribution in [0.2, 0.25) is 0 Å². The van der Waals surface area contributed by atoms with Crippen LogP contribution in [-0.2, 0) is 5.41 Å². The molecule has 2 aliphatic rings. The van der Waals surface area contributed by atoms with Crippen molar-refractivity contribution in [1.29, 1.82) is 0 Å². The van der Waals surface area contributed by atoms with Crippen molar-refractivity contribution in [2.45, 2.75) is 30.6 Å². The maximum Gasteiger partial charge on any atom is 0.0544 e. The molecule has 6 aromatic carbocycles. The summed E-state index contributed by atoms with van der Waals surface area (Å²) < 4.78 is 2.49. The number of nitrogens with zero attached hydrogens (tertiary/aromatic N) is 1. The molecule has 0 fully saturated rings. The first-order valence-electron chi connectivity index (χ1n) is 17.1. The Morgan fingerprint density at radius 2 is 1.33 bits per heavy atom. The predicted molar refractivity (Wildman–Crippen MR) is 207 cm³/mol. The standard InChI is InChI=1S/C44H33NS.C2H6/c1-46-43-26-13-11-24-39(43)44(32-18-6-3-7-19-32)38-23-10-8-21-34(38)36-28-37-35-22-9-12-25-41(35)45(42(37)29-40(36)44)33-20-14-17-31(27-33)30-15-4-2-5-16-30;1-2/h2-22,24-29,38H,23H2,1H3;1-2H3. The summed E-state index contributed by atoms with van der Waals surface area (Å²) in [7, 11) is 0. The van der Waals surface area contributed by atoms with E-state index in [4.69, 9.17) is 0 Å². The molecule has 2 unspecified atom stereocenters. The van der Waals surface area contributed by atoms with E-state index >= 15 is 0 Å². The van der Waals surface area contributed by atoms with E-state index in [-0.39, 0.29) is 5.41 Å². The molecule has 48 heavy (non-hydrogen) atoms. The molecule has 9 rings (SSSR count). The van der Waals surface area contributed by atoms with Crippen LogP contribution in [-0.4, -0.2) is 10.8 Å². The third kappa shape index (κ3) is 4.54. The quantitative estimate of drug-likeness (QED) is 0.170. The van der Waals surface area contributed by atoms with E-state index in [9.17, 15) is 0 Å². The molecule has 2 atom stereocenters. The van der Waals surface area contributed by atoms with Crippen molar-refractivity contribution < 1.29 is 0 Å². The molecule has 1 aromatic heterocycles. The Labute approximate surface area is 288 Å². The zero-order chi connectivity index (χ0) is 32.7. The van der Waals surface area contributed by atoms with Crippen LogP contribution in [0, 0.1) is 5.92 Å². The van der Waals surface area contributed by atoms with Gasteiger partial charge >= 0.3 is 0 Å². The number of fused-ring (bicyclic) bond motifs is 6. The molecule has 0 amide bonds. The number of allylic oxidation sites excluding steroid dienone is 4. The van der Waals surface area contributed by atoms with Gasteiger partial charge in [0, 0.05) is 27.3 Å². The van der Waals surface area contributed by atoms with Gasteiger partial charge in [-0.25, -0.2) is 0 Å². The lowest BCUT2D eigenvalue weighted by Gasteiger charge is -2.39. The van der Waals surface area contributed by atoms with Crippen molar-refractivity contribution in [2.75, 3.05) is 6.26 Å². The largest absolute Gasteiger partial charge is 0.309 e. The van der Waals surface area contributed by atoms with Gasteiger partial charge in [0.1, 0.15) is 0 Å². The monoisotopic (exact) mass is 637 g/mol. The summed E-state index contributed by atoms with van der Waals surface area (Å²) in [4.78, 5) is 1.34. The molecule has 0 spiro atoms. The highest BCUT2D eigenvalue weighted by Gasteiger charge is 2.52. The van der Waals surface area contributed by atoms with Crippen LogP contribution in [0.5, 0.6) is 0 Å². The number of para-hydroxylation sites is 1. The van der Waals surface area contributed by atoms with Crippen molar-refractivity contribution in [3.05, 3.63) is 186 Å². The zero-order valence-electron chi connectivity index (χ0n) is 27.7. The Hall–Kier alpha value is -5.05. The number of benzene rings is 6. The van der Waals surface area contributed by atoms with Crippen molar-refractivity contribution in [1.82, 2.24) is 4.57 Å². The van der Waals surface area contributed by atoms with Crippen molar-refractivity contribution in [2.24, 2.45) is 5.92 Å². The summed E-state index contributed by atoms with van der Waals surface area (Å²) in [5.41, 5.74) is 12.8. The lowest BCUT2D eigenvalue weighted by molar-refractivity contribution is 0.477. The van der Waals surface area contributed by atoms with E-state index in [0.717, 1.165) is 6.42 Å². The first-order valence-corrected chi connectivity index (χ1v) is 18.3. The molecular weight excluding hydrogens is 599 g/mol. The summed E-state index contributed by atoms with van der Waals surface area (Å²) in [5.74, 6) is 0.302.